The number of rotatable bonds is 7. The van der Waals surface area contributed by atoms with E-state index in [1.54, 1.807) is 7.11 Å². The van der Waals surface area contributed by atoms with Gasteiger partial charge in [-0.05, 0) is 78.4 Å². The number of amides is 2. The lowest BCUT2D eigenvalue weighted by molar-refractivity contribution is -0.0597. The first-order valence-corrected chi connectivity index (χ1v) is 14.7. The van der Waals surface area contributed by atoms with Crippen molar-refractivity contribution in [3.63, 3.8) is 0 Å². The molecule has 2 aliphatic heterocycles. The molecule has 1 spiro atoms. The van der Waals surface area contributed by atoms with Gasteiger partial charge in [-0.1, -0.05) is 38.1 Å². The molecule has 41 heavy (non-hydrogen) atoms. The molecule has 1 atom stereocenters. The van der Waals surface area contributed by atoms with Crippen LogP contribution in [0.4, 0.5) is 5.69 Å². The predicted molar refractivity (Wildman–Crippen MR) is 162 cm³/mol. The summed E-state index contributed by atoms with van der Waals surface area (Å²) in [7, 11) is 1.64. The van der Waals surface area contributed by atoms with Crippen LogP contribution in [0, 0.1) is 5.41 Å². The van der Waals surface area contributed by atoms with E-state index in [1.165, 1.54) is 24.0 Å². The van der Waals surface area contributed by atoms with Gasteiger partial charge in [0.2, 0.25) is 5.91 Å². The number of methoxy groups -OCH3 is 1. The molecule has 3 aliphatic rings. The van der Waals surface area contributed by atoms with Gasteiger partial charge in [-0.15, -0.1) is 0 Å². The fourth-order valence-corrected chi connectivity index (χ4v) is 7.17. The molecule has 3 aromatic carbocycles. The van der Waals surface area contributed by atoms with Crippen LogP contribution in [-0.4, -0.2) is 67.5 Å². The first kappa shape index (κ1) is 27.3. The highest BCUT2D eigenvalue weighted by atomic mass is 16.5. The second-order valence-corrected chi connectivity index (χ2v) is 12.3. The number of nitrogens with zero attached hydrogens (tertiary/aromatic N) is 3. The first-order chi connectivity index (χ1) is 19.8. The number of hydrogen-bond donors (Lipinski definition) is 1. The standard InChI is InChI=1S/C34H40N4O3/c1-23(2)29-6-4-5-7-30(29)31-20-36(33(40)25-10-14-28(41-3)15-11-25)16-17-38(31)27-18-34(19-27)21-37(22-34)26-12-8-24(9-13-26)32(35)39/h4-15,23,27,31H,16-22H2,1-3H3,(H2,35,39)/t31-/m0/s1. The van der Waals surface area contributed by atoms with Gasteiger partial charge >= 0.3 is 0 Å². The second kappa shape index (κ2) is 10.9. The summed E-state index contributed by atoms with van der Waals surface area (Å²) < 4.78 is 5.29. The third-order valence-corrected chi connectivity index (χ3v) is 9.40. The summed E-state index contributed by atoms with van der Waals surface area (Å²) in [6.07, 6.45) is 2.35. The normalized spacial score (nSPS) is 20.5. The summed E-state index contributed by atoms with van der Waals surface area (Å²) in [6, 6.07) is 24.5. The maximum Gasteiger partial charge on any atom is 0.253 e. The average molecular weight is 553 g/mol. The van der Waals surface area contributed by atoms with E-state index in [9.17, 15) is 9.59 Å². The van der Waals surface area contributed by atoms with Crippen LogP contribution in [0.5, 0.6) is 5.75 Å². The van der Waals surface area contributed by atoms with Gasteiger partial charge in [0.25, 0.3) is 5.91 Å². The third kappa shape index (κ3) is 5.19. The topological polar surface area (TPSA) is 79.1 Å². The van der Waals surface area contributed by atoms with Crippen LogP contribution in [0.3, 0.4) is 0 Å². The van der Waals surface area contributed by atoms with Crippen molar-refractivity contribution in [1.82, 2.24) is 9.80 Å². The van der Waals surface area contributed by atoms with Gasteiger partial charge in [-0.3, -0.25) is 14.5 Å². The molecule has 1 saturated carbocycles. The van der Waals surface area contributed by atoms with Crippen molar-refractivity contribution in [2.24, 2.45) is 11.1 Å². The molecular weight excluding hydrogens is 512 g/mol. The lowest BCUT2D eigenvalue weighted by Gasteiger charge is -2.63. The number of primary amides is 1. The van der Waals surface area contributed by atoms with Crippen LogP contribution in [0.25, 0.3) is 0 Å². The highest BCUT2D eigenvalue weighted by Crippen LogP contribution is 2.53. The molecule has 1 aliphatic carbocycles. The van der Waals surface area contributed by atoms with Crippen LogP contribution < -0.4 is 15.4 Å². The lowest BCUT2D eigenvalue weighted by Crippen LogP contribution is -2.68. The van der Waals surface area contributed by atoms with Gasteiger partial charge in [0.1, 0.15) is 5.75 Å². The van der Waals surface area contributed by atoms with Crippen molar-refractivity contribution in [2.45, 2.75) is 44.7 Å². The van der Waals surface area contributed by atoms with E-state index in [2.05, 4.69) is 47.9 Å². The van der Waals surface area contributed by atoms with Crippen molar-refractivity contribution in [2.75, 3.05) is 44.7 Å². The molecule has 214 valence electrons. The monoisotopic (exact) mass is 552 g/mol. The Labute approximate surface area is 242 Å². The van der Waals surface area contributed by atoms with E-state index < -0.39 is 5.91 Å². The molecular formula is C34H40N4O3. The highest BCUT2D eigenvalue weighted by Gasteiger charge is 2.55. The van der Waals surface area contributed by atoms with Crippen LogP contribution in [-0.2, 0) is 0 Å². The predicted octanol–water partition coefficient (Wildman–Crippen LogP) is 5.09. The Morgan fingerprint density at radius 2 is 1.56 bits per heavy atom. The summed E-state index contributed by atoms with van der Waals surface area (Å²) in [5.41, 5.74) is 10.9. The first-order valence-electron chi connectivity index (χ1n) is 14.7. The largest absolute Gasteiger partial charge is 0.497 e. The Bertz CT molecular complexity index is 1400. The number of carbonyl (C=O) groups excluding carboxylic acids is 2. The molecule has 3 aromatic rings. The van der Waals surface area contributed by atoms with E-state index in [0.29, 0.717) is 35.0 Å². The van der Waals surface area contributed by atoms with Crippen molar-refractivity contribution < 1.29 is 14.3 Å². The Balaban J connectivity index is 1.17. The van der Waals surface area contributed by atoms with Crippen LogP contribution in [0.2, 0.25) is 0 Å². The smallest absolute Gasteiger partial charge is 0.253 e. The van der Waals surface area contributed by atoms with Gasteiger partial charge in [0.15, 0.2) is 0 Å². The summed E-state index contributed by atoms with van der Waals surface area (Å²) in [5.74, 6) is 0.861. The van der Waals surface area contributed by atoms with E-state index in [0.717, 1.165) is 37.6 Å². The number of carbonyl (C=O) groups is 2. The van der Waals surface area contributed by atoms with E-state index in [-0.39, 0.29) is 11.9 Å². The van der Waals surface area contributed by atoms with Gasteiger partial charge < -0.3 is 20.3 Å². The molecule has 6 rings (SSSR count). The van der Waals surface area contributed by atoms with Crippen molar-refractivity contribution in [3.8, 4) is 5.75 Å². The van der Waals surface area contributed by atoms with E-state index in [4.69, 9.17) is 10.5 Å². The van der Waals surface area contributed by atoms with Gasteiger partial charge in [0, 0.05) is 61.0 Å². The maximum absolute atomic E-state index is 13.6. The minimum absolute atomic E-state index is 0.0846. The van der Waals surface area contributed by atoms with Gasteiger partial charge in [-0.2, -0.15) is 0 Å². The Morgan fingerprint density at radius 1 is 0.902 bits per heavy atom. The van der Waals surface area contributed by atoms with Crippen molar-refractivity contribution in [1.29, 1.82) is 0 Å². The molecule has 0 bridgehead atoms. The van der Waals surface area contributed by atoms with Crippen molar-refractivity contribution in [3.05, 3.63) is 95.1 Å². The Morgan fingerprint density at radius 3 is 2.20 bits per heavy atom. The van der Waals surface area contributed by atoms with E-state index >= 15 is 0 Å². The summed E-state index contributed by atoms with van der Waals surface area (Å²) in [5, 5.41) is 0. The molecule has 2 saturated heterocycles. The van der Waals surface area contributed by atoms with E-state index in [1.807, 2.05) is 53.4 Å². The van der Waals surface area contributed by atoms with Crippen molar-refractivity contribution >= 4 is 17.5 Å². The molecule has 0 unspecified atom stereocenters. The molecule has 0 aromatic heterocycles. The average Bonchev–Trinajstić information content (AvgIpc) is 2.95. The minimum Gasteiger partial charge on any atom is -0.497 e. The molecule has 2 N–H and O–H groups in total. The number of nitrogens with two attached hydrogens (primary N) is 1. The zero-order valence-electron chi connectivity index (χ0n) is 24.3. The molecule has 2 heterocycles. The number of hydrogen-bond acceptors (Lipinski definition) is 5. The SMILES string of the molecule is COc1ccc(C(=O)N2CCN(C3CC4(C3)CN(c3ccc(C(N)=O)cc3)C4)[C@H](c3ccccc3C(C)C)C2)cc1. The zero-order valence-corrected chi connectivity index (χ0v) is 24.3. The Hall–Kier alpha value is -3.84. The Kier molecular flexibility index (Phi) is 7.24. The van der Waals surface area contributed by atoms with Crippen LogP contribution in [0.15, 0.2) is 72.8 Å². The molecule has 7 heteroatoms. The molecule has 7 nitrogen and oxygen atoms in total. The zero-order chi connectivity index (χ0) is 28.7. The van der Waals surface area contributed by atoms with Crippen LogP contribution in [0.1, 0.15) is 70.5 Å². The highest BCUT2D eigenvalue weighted by molar-refractivity contribution is 5.94. The number of piperazine rings is 1. The number of ether oxygens (including phenoxy) is 1. The minimum atomic E-state index is -0.391. The second-order valence-electron chi connectivity index (χ2n) is 12.3. The summed E-state index contributed by atoms with van der Waals surface area (Å²) >= 11 is 0. The van der Waals surface area contributed by atoms with Gasteiger partial charge in [-0.25, -0.2) is 0 Å². The lowest BCUT2D eigenvalue weighted by atomic mass is 9.59. The van der Waals surface area contributed by atoms with Gasteiger partial charge in [0.05, 0.1) is 13.2 Å². The fourth-order valence-electron chi connectivity index (χ4n) is 7.17. The number of anilines is 1. The molecule has 3 fully saturated rings. The third-order valence-electron chi connectivity index (χ3n) is 9.40. The fraction of sp³-hybridized carbons (Fsp3) is 0.412. The summed E-state index contributed by atoms with van der Waals surface area (Å²) in [6.45, 7) is 8.89. The van der Waals surface area contributed by atoms with Crippen LogP contribution >= 0.6 is 0 Å². The number of benzene rings is 3. The maximum atomic E-state index is 13.6. The molecule has 2 amide bonds. The summed E-state index contributed by atoms with van der Waals surface area (Å²) in [4.78, 5) is 32.1. The quantitative estimate of drug-likeness (QED) is 0.442. The molecule has 0 radical (unpaired) electrons.